The summed E-state index contributed by atoms with van der Waals surface area (Å²) in [6, 6.07) is 6.93. The number of carbonyl (C=O) groups is 5. The van der Waals surface area contributed by atoms with E-state index in [1.807, 2.05) is 0 Å². The average molecular weight is 940 g/mol. The number of hydrogen-bond donors (Lipinski definition) is 2. The van der Waals surface area contributed by atoms with Crippen molar-refractivity contribution in [1.29, 1.82) is 0 Å². The molecule has 1 aromatic rings. The van der Waals surface area contributed by atoms with E-state index in [1.54, 1.807) is 44.2 Å². The maximum absolute atomic E-state index is 13.5. The van der Waals surface area contributed by atoms with Gasteiger partial charge in [0.1, 0.15) is 18.8 Å². The highest BCUT2D eigenvalue weighted by Crippen LogP contribution is 2.31. The van der Waals surface area contributed by atoms with Gasteiger partial charge in [0.25, 0.3) is 5.91 Å². The van der Waals surface area contributed by atoms with Crippen LogP contribution in [0.1, 0.15) is 134 Å². The first-order valence-corrected chi connectivity index (χ1v) is 23.5. The molecule has 0 spiro atoms. The van der Waals surface area contributed by atoms with Crippen LogP contribution in [0.3, 0.4) is 0 Å². The van der Waals surface area contributed by atoms with Crippen molar-refractivity contribution in [2.24, 2.45) is 5.92 Å². The zero-order valence-electron chi connectivity index (χ0n) is 40.0. The topological polar surface area (TPSA) is 173 Å². The molecule has 0 aromatic heterocycles. The van der Waals surface area contributed by atoms with Gasteiger partial charge in [-0.2, -0.15) is 0 Å². The van der Waals surface area contributed by atoms with Crippen LogP contribution >= 0.6 is 0 Å². The number of fused-ring (bicyclic) bond motifs is 2. The second kappa shape index (κ2) is 34.3. The van der Waals surface area contributed by atoms with Crippen molar-refractivity contribution in [2.75, 3.05) is 13.2 Å². The number of rotatable bonds is 17. The molecule has 2 saturated heterocycles. The highest BCUT2D eigenvalue weighted by Gasteiger charge is 2.47. The van der Waals surface area contributed by atoms with Gasteiger partial charge in [0.15, 0.2) is 18.5 Å². The summed E-state index contributed by atoms with van der Waals surface area (Å²) in [7, 11) is 0. The van der Waals surface area contributed by atoms with Crippen molar-refractivity contribution in [3.8, 4) is 94.7 Å². The number of carbonyl (C=O) groups excluding carboxylic acids is 5. The zero-order chi connectivity index (χ0) is 49.9. The van der Waals surface area contributed by atoms with E-state index in [0.29, 0.717) is 6.42 Å². The Kier molecular flexibility index (Phi) is 27.9. The molecule has 13 nitrogen and oxygen atoms in total. The summed E-state index contributed by atoms with van der Waals surface area (Å²) in [4.78, 5) is 65.9. The number of benzene rings is 1. The van der Waals surface area contributed by atoms with Gasteiger partial charge in [0, 0.05) is 18.8 Å². The monoisotopic (exact) mass is 939 g/mol. The normalized spacial score (nSPS) is 21.6. The Morgan fingerprint density at radius 3 is 1.80 bits per heavy atom. The summed E-state index contributed by atoms with van der Waals surface area (Å²) in [5.74, 6) is 35.2. The standard InChI is InChI=1S/C56H61NO12/c1-5-7-9-11-13-15-17-19-20-21-23-25-27-29-34-38-49(59)57-46-41-65-56-53(69-55(63)45-35-31-30-32-36-45)43(3)52(62)48(68-56)42-64-50(60)39-40-51(61)67-47(54(46)66-44(4)58)37-33-28-26-24-22-18-16-14-12-10-8-6-2/h30-32,35-36,43,46-48,52-54,56,62H,6,8,10,12,14,16,18,22,24,26,28,33,37,39-42H2,1-4H3,(H,57,59)/t43-,46-,47+,48?,52-,53?,54-,56+/m0/s1. The summed E-state index contributed by atoms with van der Waals surface area (Å²) in [6.07, 6.45) is 5.02. The minimum absolute atomic E-state index is 0.224. The summed E-state index contributed by atoms with van der Waals surface area (Å²) in [5.41, 5.74) is 0.228. The number of ether oxygens (including phenoxy) is 6. The smallest absolute Gasteiger partial charge is 0.338 e. The average Bonchev–Trinajstić information content (AvgIpc) is 3.34. The molecule has 2 heterocycles. The molecule has 0 radical (unpaired) electrons. The van der Waals surface area contributed by atoms with Crippen LogP contribution in [0.5, 0.6) is 0 Å². The van der Waals surface area contributed by atoms with Gasteiger partial charge in [-0.1, -0.05) is 109 Å². The van der Waals surface area contributed by atoms with E-state index in [0.717, 1.165) is 32.1 Å². The third kappa shape index (κ3) is 23.5. The highest BCUT2D eigenvalue weighted by molar-refractivity contribution is 5.94. The van der Waals surface area contributed by atoms with E-state index in [9.17, 15) is 29.1 Å². The second-order valence-electron chi connectivity index (χ2n) is 16.1. The second-order valence-corrected chi connectivity index (χ2v) is 16.1. The zero-order valence-corrected chi connectivity index (χ0v) is 40.0. The van der Waals surface area contributed by atoms with Crippen molar-refractivity contribution in [3.63, 3.8) is 0 Å². The van der Waals surface area contributed by atoms with E-state index in [-0.39, 0.29) is 24.8 Å². The number of cyclic esters (lactones) is 2. The fraction of sp³-hybridized carbons (Fsp3) is 0.518. The quantitative estimate of drug-likeness (QED) is 0.0840. The number of aliphatic hydroxyl groups excluding tert-OH is 1. The van der Waals surface area contributed by atoms with Gasteiger partial charge in [0.2, 0.25) is 0 Å². The molecule has 69 heavy (non-hydrogen) atoms. The Bertz CT molecular complexity index is 2390. The molecule has 362 valence electrons. The summed E-state index contributed by atoms with van der Waals surface area (Å²) >= 11 is 0. The largest absolute Gasteiger partial charge is 0.463 e. The van der Waals surface area contributed by atoms with Gasteiger partial charge < -0.3 is 38.8 Å². The summed E-state index contributed by atoms with van der Waals surface area (Å²) < 4.78 is 35.5. The molecule has 0 saturated carbocycles. The van der Waals surface area contributed by atoms with Gasteiger partial charge in [0.05, 0.1) is 37.2 Å². The third-order valence-corrected chi connectivity index (χ3v) is 10.8. The molecule has 2 aliphatic heterocycles. The van der Waals surface area contributed by atoms with Crippen LogP contribution in [-0.2, 0) is 47.6 Å². The van der Waals surface area contributed by atoms with E-state index in [2.05, 4.69) is 107 Å². The Hall–Kier alpha value is -7.07. The van der Waals surface area contributed by atoms with Gasteiger partial charge in [-0.05, 0) is 115 Å². The highest BCUT2D eigenvalue weighted by atomic mass is 16.7. The number of esters is 4. The van der Waals surface area contributed by atoms with Crippen LogP contribution in [0.2, 0.25) is 0 Å². The third-order valence-electron chi connectivity index (χ3n) is 10.8. The summed E-state index contributed by atoms with van der Waals surface area (Å²) in [6.45, 7) is 5.78. The minimum Gasteiger partial charge on any atom is -0.463 e. The van der Waals surface area contributed by atoms with E-state index in [1.165, 1.54) is 45.4 Å². The Morgan fingerprint density at radius 1 is 0.696 bits per heavy atom. The first-order valence-electron chi connectivity index (χ1n) is 23.5. The van der Waals surface area contributed by atoms with Crippen LogP contribution < -0.4 is 5.32 Å². The molecule has 1 amide bonds. The Morgan fingerprint density at radius 2 is 1.23 bits per heavy atom. The van der Waals surface area contributed by atoms with Crippen molar-refractivity contribution >= 4 is 29.8 Å². The molecule has 0 aliphatic carbocycles. The van der Waals surface area contributed by atoms with E-state index < -0.39 is 91.8 Å². The number of hydrogen-bond acceptors (Lipinski definition) is 12. The number of amides is 1. The molecule has 13 heteroatoms. The molecule has 2 aliphatic rings. The minimum atomic E-state index is -1.41. The molecular formula is C56H61NO12. The fourth-order valence-corrected chi connectivity index (χ4v) is 7.22. The van der Waals surface area contributed by atoms with Gasteiger partial charge >= 0.3 is 23.9 Å². The van der Waals surface area contributed by atoms with Crippen LogP contribution in [-0.4, -0.2) is 91.0 Å². The SMILES string of the molecule is CC#CC#CC#CC#CC#CC#CC#CC#CC(=O)N[C@H]1CO[C@@H]2OC(COC(=O)CCC(=O)O[C@H](CCCCCCCCCCCCCC)[C@H]1OC(C)=O)[C@@H](O)[C@H](C)C2OC(=O)c1ccccc1. The molecule has 2 bridgehead atoms. The molecule has 3 rings (SSSR count). The predicted molar refractivity (Wildman–Crippen MR) is 257 cm³/mol. The van der Waals surface area contributed by atoms with Crippen LogP contribution in [0.25, 0.3) is 0 Å². The number of aliphatic hydroxyl groups is 1. The maximum Gasteiger partial charge on any atom is 0.338 e. The van der Waals surface area contributed by atoms with Crippen molar-refractivity contribution in [2.45, 2.75) is 167 Å². The first kappa shape index (κ1) is 56.3. The molecule has 2 unspecified atom stereocenters. The first-order chi connectivity index (χ1) is 33.5. The predicted octanol–water partition coefficient (Wildman–Crippen LogP) is 5.75. The lowest BCUT2D eigenvalue weighted by Gasteiger charge is -2.43. The molecule has 2 N–H and O–H groups in total. The Labute approximate surface area is 407 Å². The van der Waals surface area contributed by atoms with Crippen molar-refractivity contribution in [3.05, 3.63) is 35.9 Å². The lowest BCUT2D eigenvalue weighted by molar-refractivity contribution is -0.290. The van der Waals surface area contributed by atoms with Gasteiger partial charge in [-0.25, -0.2) is 4.79 Å². The van der Waals surface area contributed by atoms with Crippen molar-refractivity contribution in [1.82, 2.24) is 5.32 Å². The van der Waals surface area contributed by atoms with Gasteiger partial charge in [-0.3, -0.25) is 19.2 Å². The summed E-state index contributed by atoms with van der Waals surface area (Å²) in [5, 5.41) is 14.0. The van der Waals surface area contributed by atoms with E-state index >= 15 is 0 Å². The van der Waals surface area contributed by atoms with Crippen LogP contribution in [0.4, 0.5) is 0 Å². The lowest BCUT2D eigenvalue weighted by Crippen LogP contribution is -2.59. The molecule has 2 fully saturated rings. The Balaban J connectivity index is 1.92. The molecule has 8 atom stereocenters. The van der Waals surface area contributed by atoms with Gasteiger partial charge in [-0.15, -0.1) is 0 Å². The number of unbranched alkanes of at least 4 members (excludes halogenated alkanes) is 11. The fourth-order valence-electron chi connectivity index (χ4n) is 7.22. The number of nitrogens with one attached hydrogen (secondary N) is 1. The van der Waals surface area contributed by atoms with Crippen LogP contribution in [0.15, 0.2) is 30.3 Å². The maximum atomic E-state index is 13.5. The molecular weight excluding hydrogens is 879 g/mol. The van der Waals surface area contributed by atoms with E-state index in [4.69, 9.17) is 28.4 Å². The van der Waals surface area contributed by atoms with Crippen LogP contribution in [0, 0.1) is 101 Å². The van der Waals surface area contributed by atoms with Crippen molar-refractivity contribution < 1.29 is 57.5 Å². The lowest BCUT2D eigenvalue weighted by atomic mass is 9.90. The molecule has 1 aromatic carbocycles.